The molecule has 4 fully saturated rings. The minimum atomic E-state index is -5.04. The molecule has 2 aliphatic carbocycles. The number of alkyl halides is 3. The van der Waals surface area contributed by atoms with E-state index in [-0.39, 0.29) is 42.5 Å². The van der Waals surface area contributed by atoms with Crippen molar-refractivity contribution in [3.05, 3.63) is 36.4 Å². The number of halogens is 3. The van der Waals surface area contributed by atoms with Crippen LogP contribution in [0.3, 0.4) is 0 Å². The molecule has 4 amide bonds. The highest BCUT2D eigenvalue weighted by Crippen LogP contribution is 2.46. The maximum Gasteiger partial charge on any atom is 0.408 e. The highest BCUT2D eigenvalue weighted by molar-refractivity contribution is 7.91. The quantitative estimate of drug-likeness (QED) is 0.304. The first-order chi connectivity index (χ1) is 28.8. The van der Waals surface area contributed by atoms with Gasteiger partial charge in [-0.05, 0) is 86.9 Å². The molecule has 0 unspecified atom stereocenters. The van der Waals surface area contributed by atoms with Gasteiger partial charge in [-0.3, -0.25) is 24.0 Å². The Morgan fingerprint density at radius 2 is 1.84 bits per heavy atom. The largest absolute Gasteiger partial charge is 0.497 e. The third kappa shape index (κ3) is 9.34. The summed E-state index contributed by atoms with van der Waals surface area (Å²) in [5.41, 5.74) is -1.71. The number of nitrogens with zero attached hydrogens (tertiary/aromatic N) is 4. The molecule has 20 heteroatoms. The summed E-state index contributed by atoms with van der Waals surface area (Å²) in [5, 5.41) is 13.7. The van der Waals surface area contributed by atoms with Crippen LogP contribution in [0, 0.1) is 17.8 Å². The van der Waals surface area contributed by atoms with E-state index in [1.54, 1.807) is 24.3 Å². The molecular formula is C41H53F3N6O10S. The molecule has 1 aromatic heterocycles. The normalized spacial score (nSPS) is 29.4. The number of nitrogens with one attached hydrogen (secondary N) is 2. The summed E-state index contributed by atoms with van der Waals surface area (Å²) in [4.78, 5) is 64.4. The van der Waals surface area contributed by atoms with Crippen LogP contribution >= 0.6 is 0 Å². The number of pyridine rings is 1. The number of aromatic nitrogens is 1. The van der Waals surface area contributed by atoms with Crippen molar-refractivity contribution in [1.82, 2.24) is 24.8 Å². The topological polar surface area (TPSA) is 197 Å². The molecule has 2 saturated carbocycles. The number of rotatable bonds is 9. The van der Waals surface area contributed by atoms with Gasteiger partial charge in [-0.25, -0.2) is 13.2 Å². The van der Waals surface area contributed by atoms with Crippen molar-refractivity contribution in [2.24, 2.45) is 17.8 Å². The number of ether oxygens (including phenoxy) is 3. The molecule has 3 N–H and O–H groups in total. The molecular weight excluding hydrogens is 826 g/mol. The van der Waals surface area contributed by atoms with Crippen LogP contribution in [0.1, 0.15) is 65.7 Å². The SMILES string of the molecule is COc1ccc2c(O[C@@H]3C[C@H]4C(=O)N[C@]5(C(=O)NS(=O)(=O)C6CC6)C[C@H]5C=CCC[C@@H](C)C[C@@H](C)[C@H](N(C(=O)O)[C@H](C)C(F)(F)F)C(=O)N4C3)nc(N3CCOCC3)cc2c1. The fraction of sp³-hybridized carbons (Fsp3) is 0.634. The second-order valence-corrected chi connectivity index (χ2v) is 19.0. The second kappa shape index (κ2) is 17.1. The lowest BCUT2D eigenvalue weighted by Crippen LogP contribution is -2.62. The number of carbonyl (C=O) groups excluding carboxylic acids is 3. The Hall–Kier alpha value is -4.85. The van der Waals surface area contributed by atoms with E-state index in [1.165, 1.54) is 14.0 Å². The van der Waals surface area contributed by atoms with Gasteiger partial charge in [0, 0.05) is 30.8 Å². The Balaban J connectivity index is 1.29. The molecule has 0 radical (unpaired) electrons. The van der Waals surface area contributed by atoms with E-state index in [0.29, 0.717) is 81.3 Å². The Labute approximate surface area is 352 Å². The highest BCUT2D eigenvalue weighted by atomic mass is 32.2. The molecule has 0 bridgehead atoms. The van der Waals surface area contributed by atoms with Gasteiger partial charge < -0.3 is 34.4 Å². The Kier molecular flexibility index (Phi) is 12.4. The monoisotopic (exact) mass is 878 g/mol. The number of amides is 4. The molecule has 4 heterocycles. The summed E-state index contributed by atoms with van der Waals surface area (Å²) < 4.78 is 88.9. The predicted molar refractivity (Wildman–Crippen MR) is 215 cm³/mol. The first-order valence-corrected chi connectivity index (χ1v) is 22.3. The lowest BCUT2D eigenvalue weighted by molar-refractivity contribution is -0.184. The van der Waals surface area contributed by atoms with Crippen LogP contribution in [0.4, 0.5) is 23.8 Å². The van der Waals surface area contributed by atoms with Crippen molar-refractivity contribution in [2.75, 3.05) is 44.9 Å². The van der Waals surface area contributed by atoms with Crippen molar-refractivity contribution < 1.29 is 60.1 Å². The van der Waals surface area contributed by atoms with Gasteiger partial charge in [-0.1, -0.05) is 26.0 Å². The Morgan fingerprint density at radius 1 is 1.11 bits per heavy atom. The summed E-state index contributed by atoms with van der Waals surface area (Å²) in [5.74, 6) is -3.30. The number of hydrogen-bond acceptors (Lipinski definition) is 11. The van der Waals surface area contributed by atoms with Gasteiger partial charge in [0.1, 0.15) is 41.3 Å². The van der Waals surface area contributed by atoms with Crippen molar-refractivity contribution in [1.29, 1.82) is 0 Å². The van der Waals surface area contributed by atoms with Gasteiger partial charge in [0.15, 0.2) is 0 Å². The average molecular weight is 879 g/mol. The summed E-state index contributed by atoms with van der Waals surface area (Å²) in [6.07, 6.45) is -2.70. The van der Waals surface area contributed by atoms with E-state index in [2.05, 4.69) is 10.0 Å². The van der Waals surface area contributed by atoms with Crippen LogP contribution in [-0.4, -0.2) is 133 Å². The number of anilines is 1. The number of allylic oxidation sites excluding steroid dienone is 1. The summed E-state index contributed by atoms with van der Waals surface area (Å²) >= 11 is 0. The first kappa shape index (κ1) is 44.2. The zero-order valence-corrected chi connectivity index (χ0v) is 35.3. The molecule has 2 aromatic rings. The maximum absolute atomic E-state index is 15.0. The van der Waals surface area contributed by atoms with E-state index in [9.17, 15) is 41.1 Å². The molecule has 8 atom stereocenters. The van der Waals surface area contributed by atoms with Crippen LogP contribution in [0.5, 0.6) is 11.6 Å². The predicted octanol–water partition coefficient (Wildman–Crippen LogP) is 4.22. The minimum absolute atomic E-state index is 0.0562. The third-order valence-electron chi connectivity index (χ3n) is 12.6. The van der Waals surface area contributed by atoms with E-state index in [0.717, 1.165) is 4.90 Å². The third-order valence-corrected chi connectivity index (χ3v) is 14.4. The first-order valence-electron chi connectivity index (χ1n) is 20.7. The fourth-order valence-corrected chi connectivity index (χ4v) is 10.2. The Morgan fingerprint density at radius 3 is 2.49 bits per heavy atom. The van der Waals surface area contributed by atoms with Crippen molar-refractivity contribution >= 4 is 50.4 Å². The molecule has 16 nitrogen and oxygen atoms in total. The van der Waals surface area contributed by atoms with Crippen LogP contribution in [0.15, 0.2) is 36.4 Å². The molecule has 2 saturated heterocycles. The fourth-order valence-electron chi connectivity index (χ4n) is 8.87. The van der Waals surface area contributed by atoms with Crippen molar-refractivity contribution in [3.8, 4) is 11.6 Å². The number of methoxy groups -OCH3 is 1. The zero-order valence-electron chi connectivity index (χ0n) is 34.5. The molecule has 61 heavy (non-hydrogen) atoms. The molecule has 0 spiro atoms. The average Bonchev–Trinajstić information content (AvgIpc) is 4.14. The number of hydrogen-bond donors (Lipinski definition) is 3. The van der Waals surface area contributed by atoms with E-state index < -0.39 is 86.9 Å². The van der Waals surface area contributed by atoms with Crippen molar-refractivity contribution in [3.63, 3.8) is 0 Å². The lowest BCUT2D eigenvalue weighted by Gasteiger charge is -2.40. The maximum atomic E-state index is 15.0. The van der Waals surface area contributed by atoms with Crippen LogP contribution in [0.25, 0.3) is 10.8 Å². The lowest BCUT2D eigenvalue weighted by atomic mass is 9.86. The highest BCUT2D eigenvalue weighted by Gasteiger charge is 2.62. The molecule has 3 aliphatic heterocycles. The number of carboxylic acid groups (broad SMARTS) is 1. The van der Waals surface area contributed by atoms with Gasteiger partial charge in [0.2, 0.25) is 27.7 Å². The van der Waals surface area contributed by atoms with Crippen molar-refractivity contribution in [2.45, 2.75) is 107 Å². The standard InChI is InChI=1S/C41H53F3N6O10S/c1-23-7-5-6-8-27-21-40(27,38(53)47-61(56,57)30-10-11-30)46-35(51)32-20-29(22-49(32)37(52)34(24(2)17-23)50(39(54)55)25(3)41(42,43)44)60-36-31-12-9-28(58-4)18-26(31)19-33(45-36)48-13-15-59-16-14-48/h6,8-9,12,18-19,23-25,27,29-30,32,34H,5,7,10-11,13-17,20-22H2,1-4H3,(H,46,51)(H,47,53)(H,54,55)/t23-,24-,25-,27-,29-,32+,34+,40-/m1/s1. The van der Waals surface area contributed by atoms with Gasteiger partial charge in [-0.15, -0.1) is 0 Å². The van der Waals surface area contributed by atoms with Gasteiger partial charge in [-0.2, -0.15) is 18.2 Å². The molecule has 334 valence electrons. The van der Waals surface area contributed by atoms with Gasteiger partial charge in [0.25, 0.3) is 5.91 Å². The molecule has 1 aromatic carbocycles. The zero-order chi connectivity index (χ0) is 44.0. The number of carbonyl (C=O) groups is 4. The Bertz CT molecular complexity index is 2170. The summed E-state index contributed by atoms with van der Waals surface area (Å²) in [6, 6.07) is 1.18. The molecule has 7 rings (SSSR count). The number of fused-ring (bicyclic) bond motifs is 3. The van der Waals surface area contributed by atoms with E-state index in [1.807, 2.05) is 24.0 Å². The minimum Gasteiger partial charge on any atom is -0.497 e. The second-order valence-electron chi connectivity index (χ2n) is 17.1. The van der Waals surface area contributed by atoms with Crippen LogP contribution in [0.2, 0.25) is 0 Å². The van der Waals surface area contributed by atoms with Crippen LogP contribution in [-0.2, 0) is 29.1 Å². The van der Waals surface area contributed by atoms with Gasteiger partial charge >= 0.3 is 12.3 Å². The summed E-state index contributed by atoms with van der Waals surface area (Å²) in [7, 11) is -2.50. The van der Waals surface area contributed by atoms with Gasteiger partial charge in [0.05, 0.1) is 32.1 Å². The van der Waals surface area contributed by atoms with E-state index >= 15 is 4.79 Å². The molecule has 5 aliphatic rings. The summed E-state index contributed by atoms with van der Waals surface area (Å²) in [6.45, 7) is 5.71. The van der Waals surface area contributed by atoms with E-state index in [4.69, 9.17) is 19.2 Å². The smallest absolute Gasteiger partial charge is 0.408 e. The number of sulfonamides is 1. The number of benzene rings is 1. The number of morpholine rings is 1. The van der Waals surface area contributed by atoms with Crippen LogP contribution < -0.4 is 24.4 Å².